The Morgan fingerprint density at radius 2 is 2.09 bits per heavy atom. The van der Waals surface area contributed by atoms with Crippen molar-refractivity contribution in [1.29, 1.82) is 0 Å². The lowest BCUT2D eigenvalue weighted by Gasteiger charge is -2.07. The van der Waals surface area contributed by atoms with E-state index in [-0.39, 0.29) is 11.5 Å². The second kappa shape index (κ2) is 5.95. The molecule has 8 nitrogen and oxygen atoms in total. The predicted octanol–water partition coefficient (Wildman–Crippen LogP) is 1.59. The molecule has 0 saturated heterocycles. The van der Waals surface area contributed by atoms with E-state index in [1.807, 2.05) is 0 Å². The van der Waals surface area contributed by atoms with Crippen LogP contribution in [0.5, 0.6) is 0 Å². The highest BCUT2D eigenvalue weighted by Crippen LogP contribution is 2.11. The number of nitrogens with zero attached hydrogens (tertiary/aromatic N) is 5. The molecule has 0 spiro atoms. The lowest BCUT2D eigenvalue weighted by molar-refractivity contribution is 0.0927. The fourth-order valence-electron chi connectivity index (χ4n) is 1.89. The molecule has 23 heavy (non-hydrogen) atoms. The van der Waals surface area contributed by atoms with Crippen LogP contribution in [0.2, 0.25) is 0 Å². The van der Waals surface area contributed by atoms with Crippen LogP contribution in [0.4, 0.5) is 4.39 Å². The van der Waals surface area contributed by atoms with Crippen molar-refractivity contribution in [2.45, 2.75) is 19.9 Å². The first kappa shape index (κ1) is 14.8. The first-order valence-electron chi connectivity index (χ1n) is 6.82. The van der Waals surface area contributed by atoms with Gasteiger partial charge in [-0.15, -0.1) is 5.10 Å². The van der Waals surface area contributed by atoms with Crippen LogP contribution >= 0.6 is 0 Å². The van der Waals surface area contributed by atoms with Gasteiger partial charge in [0, 0.05) is 0 Å². The van der Waals surface area contributed by atoms with E-state index in [4.69, 9.17) is 4.52 Å². The number of aryl methyl sites for hydroxylation is 1. The summed E-state index contributed by atoms with van der Waals surface area (Å²) in [5.41, 5.74) is 0.670. The van der Waals surface area contributed by atoms with E-state index >= 15 is 0 Å². The number of hydrogen-bond acceptors (Lipinski definition) is 6. The molecule has 3 rings (SSSR count). The fraction of sp³-hybridized carbons (Fsp3) is 0.214. The van der Waals surface area contributed by atoms with E-state index in [9.17, 15) is 9.18 Å². The predicted molar refractivity (Wildman–Crippen MR) is 76.2 cm³/mol. The van der Waals surface area contributed by atoms with E-state index in [2.05, 4.69) is 25.7 Å². The summed E-state index contributed by atoms with van der Waals surface area (Å²) in [6, 6.07) is 5.15. The maximum absolute atomic E-state index is 12.9. The lowest BCUT2D eigenvalue weighted by atomic mass is 10.3. The summed E-state index contributed by atoms with van der Waals surface area (Å²) in [6.45, 7) is 3.41. The molecule has 0 unspecified atom stereocenters. The molecule has 0 aliphatic carbocycles. The molecule has 1 atom stereocenters. The molecule has 118 valence electrons. The Morgan fingerprint density at radius 1 is 1.35 bits per heavy atom. The SMILES string of the molecule is Cc1noc([C@H](C)NC(=O)c2cnn(-c3ccc(F)cc3)n2)n1. The third-order valence-corrected chi connectivity index (χ3v) is 3.04. The van der Waals surface area contributed by atoms with Gasteiger partial charge in [0.05, 0.1) is 11.9 Å². The molecule has 0 bridgehead atoms. The van der Waals surface area contributed by atoms with Crippen LogP contribution in [0.25, 0.3) is 5.69 Å². The number of carbonyl (C=O) groups is 1. The van der Waals surface area contributed by atoms with Crippen LogP contribution in [0, 0.1) is 12.7 Å². The number of hydrogen-bond donors (Lipinski definition) is 1. The lowest BCUT2D eigenvalue weighted by Crippen LogP contribution is -2.27. The van der Waals surface area contributed by atoms with Crippen molar-refractivity contribution in [1.82, 2.24) is 30.5 Å². The second-order valence-corrected chi connectivity index (χ2v) is 4.87. The normalized spacial score (nSPS) is 12.1. The number of aromatic nitrogens is 5. The average Bonchev–Trinajstić information content (AvgIpc) is 3.17. The summed E-state index contributed by atoms with van der Waals surface area (Å²) in [5, 5.41) is 14.4. The van der Waals surface area contributed by atoms with Gasteiger partial charge in [-0.1, -0.05) is 5.16 Å². The number of carbonyl (C=O) groups excluding carboxylic acids is 1. The maximum atomic E-state index is 12.9. The summed E-state index contributed by atoms with van der Waals surface area (Å²) in [6.07, 6.45) is 1.32. The van der Waals surface area contributed by atoms with Crippen molar-refractivity contribution in [3.8, 4) is 5.69 Å². The van der Waals surface area contributed by atoms with Gasteiger partial charge < -0.3 is 9.84 Å². The molecule has 3 aromatic rings. The zero-order chi connectivity index (χ0) is 16.4. The van der Waals surface area contributed by atoms with Crippen LogP contribution in [0.1, 0.15) is 35.2 Å². The number of amides is 1. The zero-order valence-corrected chi connectivity index (χ0v) is 12.4. The molecule has 1 amide bonds. The fourth-order valence-corrected chi connectivity index (χ4v) is 1.89. The van der Waals surface area contributed by atoms with Gasteiger partial charge in [-0.05, 0) is 38.1 Å². The average molecular weight is 316 g/mol. The number of rotatable bonds is 4. The molecule has 1 N–H and O–H groups in total. The van der Waals surface area contributed by atoms with Crippen molar-refractivity contribution in [2.75, 3.05) is 0 Å². The Balaban J connectivity index is 1.72. The molecule has 0 saturated carbocycles. The minimum Gasteiger partial charge on any atom is -0.339 e. The van der Waals surface area contributed by atoms with Gasteiger partial charge in [0.15, 0.2) is 11.5 Å². The van der Waals surface area contributed by atoms with E-state index in [1.54, 1.807) is 13.8 Å². The van der Waals surface area contributed by atoms with Crippen LogP contribution in [0.3, 0.4) is 0 Å². The van der Waals surface area contributed by atoms with E-state index in [0.717, 1.165) is 0 Å². The van der Waals surface area contributed by atoms with Gasteiger partial charge in [0.1, 0.15) is 11.9 Å². The van der Waals surface area contributed by atoms with Crippen LogP contribution in [-0.4, -0.2) is 31.0 Å². The Kier molecular flexibility index (Phi) is 3.83. The Morgan fingerprint density at radius 3 is 2.74 bits per heavy atom. The summed E-state index contributed by atoms with van der Waals surface area (Å²) >= 11 is 0. The highest BCUT2D eigenvalue weighted by atomic mass is 19.1. The maximum Gasteiger partial charge on any atom is 0.274 e. The third-order valence-electron chi connectivity index (χ3n) is 3.04. The number of nitrogens with one attached hydrogen (secondary N) is 1. The molecule has 0 fully saturated rings. The summed E-state index contributed by atoms with van der Waals surface area (Å²) in [4.78, 5) is 17.5. The first-order valence-corrected chi connectivity index (χ1v) is 6.82. The molecule has 2 aromatic heterocycles. The van der Waals surface area contributed by atoms with Gasteiger partial charge in [0.25, 0.3) is 5.91 Å². The van der Waals surface area contributed by atoms with Crippen molar-refractivity contribution < 1.29 is 13.7 Å². The van der Waals surface area contributed by atoms with Crippen molar-refractivity contribution in [2.24, 2.45) is 0 Å². The molecular weight excluding hydrogens is 303 g/mol. The van der Waals surface area contributed by atoms with Crippen molar-refractivity contribution in [3.63, 3.8) is 0 Å². The molecule has 9 heteroatoms. The summed E-state index contributed by atoms with van der Waals surface area (Å²) in [7, 11) is 0. The highest BCUT2D eigenvalue weighted by Gasteiger charge is 2.18. The summed E-state index contributed by atoms with van der Waals surface area (Å²) < 4.78 is 17.9. The van der Waals surface area contributed by atoms with Gasteiger partial charge in [-0.3, -0.25) is 4.79 Å². The van der Waals surface area contributed by atoms with Crippen LogP contribution in [0.15, 0.2) is 35.0 Å². The number of halogens is 1. The zero-order valence-electron chi connectivity index (χ0n) is 12.4. The van der Waals surface area contributed by atoms with Crippen LogP contribution in [-0.2, 0) is 0 Å². The van der Waals surface area contributed by atoms with E-state index < -0.39 is 11.9 Å². The molecule has 0 aliphatic heterocycles. The Labute approximate surface area is 130 Å². The van der Waals surface area contributed by atoms with E-state index in [1.165, 1.54) is 35.3 Å². The molecule has 1 aromatic carbocycles. The van der Waals surface area contributed by atoms with Gasteiger partial charge >= 0.3 is 0 Å². The first-order chi connectivity index (χ1) is 11.0. The standard InChI is InChI=1S/C14H13FN6O2/c1-8(14-18-9(2)20-23-14)17-13(22)12-7-16-21(19-12)11-5-3-10(15)4-6-11/h3-8H,1-2H3,(H,17,22)/t8-/m0/s1. The quantitative estimate of drug-likeness (QED) is 0.784. The Bertz CT molecular complexity index is 826. The Hall–Kier alpha value is -3.10. The van der Waals surface area contributed by atoms with Gasteiger partial charge in [-0.25, -0.2) is 4.39 Å². The van der Waals surface area contributed by atoms with Crippen molar-refractivity contribution >= 4 is 5.91 Å². The minimum absolute atomic E-state index is 0.123. The van der Waals surface area contributed by atoms with E-state index in [0.29, 0.717) is 17.4 Å². The molecule has 2 heterocycles. The second-order valence-electron chi connectivity index (χ2n) is 4.87. The van der Waals surface area contributed by atoms with Gasteiger partial charge in [-0.2, -0.15) is 14.9 Å². The third kappa shape index (κ3) is 3.23. The number of benzene rings is 1. The monoisotopic (exact) mass is 316 g/mol. The van der Waals surface area contributed by atoms with Gasteiger partial charge in [0.2, 0.25) is 5.89 Å². The topological polar surface area (TPSA) is 98.7 Å². The molecule has 0 radical (unpaired) electrons. The highest BCUT2D eigenvalue weighted by molar-refractivity contribution is 5.92. The minimum atomic E-state index is -0.459. The summed E-state index contributed by atoms with van der Waals surface area (Å²) in [5.74, 6) is 0.00870. The smallest absolute Gasteiger partial charge is 0.274 e. The molecular formula is C14H13FN6O2. The largest absolute Gasteiger partial charge is 0.339 e. The van der Waals surface area contributed by atoms with Crippen molar-refractivity contribution in [3.05, 3.63) is 53.7 Å². The van der Waals surface area contributed by atoms with Crippen LogP contribution < -0.4 is 5.32 Å². The molecule has 0 aliphatic rings.